The van der Waals surface area contributed by atoms with Gasteiger partial charge in [0.2, 0.25) is 0 Å². The zero-order valence-electron chi connectivity index (χ0n) is 18.9. The van der Waals surface area contributed by atoms with Gasteiger partial charge in [0.1, 0.15) is 0 Å². The van der Waals surface area contributed by atoms with Crippen molar-refractivity contribution >= 4 is 17.4 Å². The Kier molecular flexibility index (Phi) is 7.39. The summed E-state index contributed by atoms with van der Waals surface area (Å²) in [5.41, 5.74) is -4.64. The highest BCUT2D eigenvalue weighted by Gasteiger charge is 2.38. The molecule has 1 atom stereocenters. The summed E-state index contributed by atoms with van der Waals surface area (Å²) in [6.45, 7) is 3.17. The van der Waals surface area contributed by atoms with E-state index in [4.69, 9.17) is 4.74 Å². The summed E-state index contributed by atoms with van der Waals surface area (Å²) in [6, 6.07) is 2.79. The molecule has 0 fully saturated rings. The molecule has 0 aliphatic carbocycles. The minimum absolute atomic E-state index is 0.00817. The van der Waals surface area contributed by atoms with Gasteiger partial charge < -0.3 is 4.74 Å². The van der Waals surface area contributed by atoms with Crippen molar-refractivity contribution in [3.63, 3.8) is 0 Å². The Morgan fingerprint density at radius 1 is 0.833 bits per heavy atom. The van der Waals surface area contributed by atoms with Crippen LogP contribution in [0.15, 0.2) is 42.5 Å². The Morgan fingerprint density at radius 3 is 1.86 bits per heavy atom. The normalized spacial score (nSPS) is 16.5. The number of carbonyl (C=O) groups excluding carboxylic acids is 1. The molecule has 0 aromatic heterocycles. The fourth-order valence-corrected chi connectivity index (χ4v) is 3.98. The molecule has 196 valence electrons. The number of halogens is 9. The molecule has 1 unspecified atom stereocenters. The van der Waals surface area contributed by atoms with Crippen molar-refractivity contribution in [2.75, 3.05) is 11.5 Å². The van der Waals surface area contributed by atoms with E-state index in [0.717, 1.165) is 23.1 Å². The van der Waals surface area contributed by atoms with Crippen LogP contribution in [0.3, 0.4) is 0 Å². The number of benzene rings is 2. The van der Waals surface area contributed by atoms with Crippen LogP contribution in [-0.4, -0.2) is 18.7 Å². The monoisotopic (exact) mass is 525 g/mol. The largest absolute Gasteiger partial charge is 0.449 e. The zero-order valence-corrected chi connectivity index (χ0v) is 18.9. The quantitative estimate of drug-likeness (QED) is 0.378. The zero-order chi connectivity index (χ0) is 27.1. The van der Waals surface area contributed by atoms with E-state index in [9.17, 15) is 44.3 Å². The Balaban J connectivity index is 2.19. The number of nitrogens with zero attached hydrogens (tertiary/aromatic N) is 1. The van der Waals surface area contributed by atoms with Crippen LogP contribution in [0.1, 0.15) is 48.1 Å². The third-order valence-corrected chi connectivity index (χ3v) is 5.58. The summed E-state index contributed by atoms with van der Waals surface area (Å²) >= 11 is 0. The highest BCUT2D eigenvalue weighted by molar-refractivity contribution is 5.96. The molecule has 1 aliphatic rings. The second-order valence-electron chi connectivity index (χ2n) is 8.06. The summed E-state index contributed by atoms with van der Waals surface area (Å²) in [6.07, 6.45) is -14.7. The van der Waals surface area contributed by atoms with E-state index in [0.29, 0.717) is 12.1 Å². The van der Waals surface area contributed by atoms with Gasteiger partial charge in [-0.3, -0.25) is 4.90 Å². The van der Waals surface area contributed by atoms with Gasteiger partial charge in [-0.05, 0) is 67.3 Å². The number of allylic oxidation sites excluding steroid dienone is 1. The van der Waals surface area contributed by atoms with E-state index >= 15 is 0 Å². The van der Waals surface area contributed by atoms with Gasteiger partial charge in [-0.2, -0.15) is 39.5 Å². The fourth-order valence-electron chi connectivity index (χ4n) is 3.98. The van der Waals surface area contributed by atoms with Gasteiger partial charge in [0.25, 0.3) is 0 Å². The summed E-state index contributed by atoms with van der Waals surface area (Å²) in [5.74, 6) is 0. The van der Waals surface area contributed by atoms with E-state index in [1.165, 1.54) is 13.0 Å². The molecular weight excluding hydrogens is 505 g/mol. The van der Waals surface area contributed by atoms with Gasteiger partial charge in [0.15, 0.2) is 0 Å². The lowest BCUT2D eigenvalue weighted by atomic mass is 9.88. The minimum atomic E-state index is -5.08. The number of alkyl halides is 9. The molecule has 0 radical (unpaired) electrons. The second-order valence-corrected chi connectivity index (χ2v) is 8.06. The van der Waals surface area contributed by atoms with Crippen LogP contribution in [0.25, 0.3) is 5.57 Å². The second kappa shape index (κ2) is 9.70. The molecule has 1 heterocycles. The topological polar surface area (TPSA) is 29.5 Å². The van der Waals surface area contributed by atoms with Gasteiger partial charge in [0, 0.05) is 5.56 Å². The van der Waals surface area contributed by atoms with Crippen LogP contribution in [0.2, 0.25) is 0 Å². The molecule has 0 bridgehead atoms. The molecule has 3 rings (SSSR count). The average Bonchev–Trinajstić information content (AvgIpc) is 2.76. The Hall–Kier alpha value is -3.18. The van der Waals surface area contributed by atoms with Crippen LogP contribution in [0.4, 0.5) is 50.0 Å². The van der Waals surface area contributed by atoms with Gasteiger partial charge in [-0.25, -0.2) is 4.79 Å². The van der Waals surface area contributed by atoms with Crippen molar-refractivity contribution in [1.82, 2.24) is 0 Å². The first-order chi connectivity index (χ1) is 16.6. The Bertz CT molecular complexity index is 1130. The lowest BCUT2D eigenvalue weighted by Gasteiger charge is -2.35. The predicted molar refractivity (Wildman–Crippen MR) is 113 cm³/mol. The predicted octanol–water partition coefficient (Wildman–Crippen LogP) is 8.12. The fraction of sp³-hybridized carbons (Fsp3) is 0.375. The smallest absolute Gasteiger partial charge is 0.416 e. The summed E-state index contributed by atoms with van der Waals surface area (Å²) in [4.78, 5) is 13.7. The van der Waals surface area contributed by atoms with Crippen molar-refractivity contribution in [3.8, 4) is 0 Å². The third-order valence-electron chi connectivity index (χ3n) is 5.58. The first-order valence-electron chi connectivity index (χ1n) is 10.7. The molecule has 0 spiro atoms. The summed E-state index contributed by atoms with van der Waals surface area (Å²) < 4.78 is 125. The molecule has 0 N–H and O–H groups in total. The van der Waals surface area contributed by atoms with Crippen LogP contribution in [0, 0.1) is 0 Å². The molecule has 1 aliphatic heterocycles. The molecule has 36 heavy (non-hydrogen) atoms. The Morgan fingerprint density at radius 2 is 1.39 bits per heavy atom. The van der Waals surface area contributed by atoms with Crippen molar-refractivity contribution < 1.29 is 49.0 Å². The number of hydrogen-bond acceptors (Lipinski definition) is 2. The third kappa shape index (κ3) is 5.79. The van der Waals surface area contributed by atoms with Crippen molar-refractivity contribution in [1.29, 1.82) is 0 Å². The van der Waals surface area contributed by atoms with Gasteiger partial charge >= 0.3 is 24.6 Å². The number of fused-ring (bicyclic) bond motifs is 1. The van der Waals surface area contributed by atoms with E-state index in [1.54, 1.807) is 6.92 Å². The number of hydrogen-bond donors (Lipinski definition) is 0. The van der Waals surface area contributed by atoms with Gasteiger partial charge in [-0.1, -0.05) is 13.0 Å². The summed E-state index contributed by atoms with van der Waals surface area (Å²) in [7, 11) is 0. The van der Waals surface area contributed by atoms with Gasteiger partial charge in [-0.15, -0.1) is 0 Å². The molecule has 2 aromatic carbocycles. The molecule has 1 amide bonds. The molecule has 0 saturated heterocycles. The first kappa shape index (κ1) is 27.4. The number of anilines is 1. The number of carbonyl (C=O) groups is 1. The van der Waals surface area contributed by atoms with E-state index < -0.39 is 59.3 Å². The lowest BCUT2D eigenvalue weighted by Crippen LogP contribution is -2.42. The van der Waals surface area contributed by atoms with E-state index in [-0.39, 0.29) is 35.9 Å². The van der Waals surface area contributed by atoms with E-state index in [1.807, 2.05) is 0 Å². The number of amides is 1. The van der Waals surface area contributed by atoms with E-state index in [2.05, 4.69) is 0 Å². The van der Waals surface area contributed by atoms with Crippen molar-refractivity contribution in [2.45, 2.75) is 51.3 Å². The molecular formula is C24H20F9NO2. The lowest BCUT2D eigenvalue weighted by molar-refractivity contribution is -0.143. The van der Waals surface area contributed by atoms with Crippen LogP contribution in [0.5, 0.6) is 0 Å². The SMILES string of the molecule is CCOC(=O)N1c2ccc(C(F)(F)F)cc2C(Cc2cc(C(F)(F)F)cc(C(F)(F)F)c2)=CC1CC. The summed E-state index contributed by atoms with van der Waals surface area (Å²) in [5, 5.41) is 0. The highest BCUT2D eigenvalue weighted by Crippen LogP contribution is 2.42. The highest BCUT2D eigenvalue weighted by atomic mass is 19.4. The van der Waals surface area contributed by atoms with Gasteiger partial charge in [0.05, 0.1) is 35.0 Å². The van der Waals surface area contributed by atoms with Crippen LogP contribution >= 0.6 is 0 Å². The maximum Gasteiger partial charge on any atom is 0.416 e. The number of ether oxygens (including phenoxy) is 1. The van der Waals surface area contributed by atoms with Crippen LogP contribution in [-0.2, 0) is 29.7 Å². The molecule has 0 saturated carbocycles. The first-order valence-corrected chi connectivity index (χ1v) is 10.7. The molecule has 12 heteroatoms. The maximum absolute atomic E-state index is 13.4. The van der Waals surface area contributed by atoms with Crippen molar-refractivity contribution in [3.05, 3.63) is 70.3 Å². The molecule has 2 aromatic rings. The maximum atomic E-state index is 13.4. The number of rotatable bonds is 4. The minimum Gasteiger partial charge on any atom is -0.449 e. The molecule has 3 nitrogen and oxygen atoms in total. The van der Waals surface area contributed by atoms with Crippen molar-refractivity contribution in [2.24, 2.45) is 0 Å². The Labute approximate surface area is 200 Å². The van der Waals surface area contributed by atoms with Crippen LogP contribution < -0.4 is 4.90 Å². The standard InChI is InChI=1S/C24H20F9NO2/c1-3-18-10-14(7-13-8-16(23(28,29)30)11-17(9-13)24(31,32)33)19-12-15(22(25,26)27)5-6-20(19)34(18)21(35)36-4-2/h5-6,8-12,18H,3-4,7H2,1-2H3. The average molecular weight is 525 g/mol.